The van der Waals surface area contributed by atoms with Crippen LogP contribution in [0.2, 0.25) is 0 Å². The molecular weight excluding hydrogens is 234 g/mol. The molecule has 0 aromatic heterocycles. The molecule has 2 heteroatoms. The lowest BCUT2D eigenvalue weighted by atomic mass is 10.1. The molecule has 0 aliphatic carbocycles. The van der Waals surface area contributed by atoms with E-state index in [1.165, 1.54) is 0 Å². The van der Waals surface area contributed by atoms with Crippen molar-refractivity contribution in [2.75, 3.05) is 12.4 Å². The summed E-state index contributed by atoms with van der Waals surface area (Å²) in [6.07, 6.45) is 3.66. The van der Waals surface area contributed by atoms with Gasteiger partial charge in [0.05, 0.1) is 7.11 Å². The first-order chi connectivity index (χ1) is 9.26. The van der Waals surface area contributed by atoms with Crippen molar-refractivity contribution in [3.8, 4) is 5.75 Å². The summed E-state index contributed by atoms with van der Waals surface area (Å²) in [5.74, 6) is 0.847. The number of benzene rings is 2. The molecule has 0 fully saturated rings. The zero-order chi connectivity index (χ0) is 13.7. The smallest absolute Gasteiger partial charge is 0.119 e. The van der Waals surface area contributed by atoms with Crippen LogP contribution in [0.15, 0.2) is 55.6 Å². The minimum atomic E-state index is 0.847. The quantitative estimate of drug-likeness (QED) is 0.829. The summed E-state index contributed by atoms with van der Waals surface area (Å²) in [5.41, 5.74) is 4.18. The third-order valence-electron chi connectivity index (χ3n) is 2.91. The second-order valence-electron chi connectivity index (χ2n) is 4.11. The van der Waals surface area contributed by atoms with Crippen LogP contribution in [0.25, 0.3) is 12.2 Å². The van der Waals surface area contributed by atoms with E-state index in [2.05, 4.69) is 18.5 Å². The molecule has 2 rings (SSSR count). The molecule has 0 saturated carbocycles. The maximum atomic E-state index is 5.13. The summed E-state index contributed by atoms with van der Waals surface area (Å²) in [4.78, 5) is 0. The van der Waals surface area contributed by atoms with Gasteiger partial charge < -0.3 is 10.1 Å². The predicted molar refractivity (Wildman–Crippen MR) is 82.9 cm³/mol. The Hall–Kier alpha value is -2.48. The van der Waals surface area contributed by atoms with Crippen molar-refractivity contribution in [3.05, 3.63) is 66.7 Å². The Kier molecular flexibility index (Phi) is 4.04. The lowest BCUT2D eigenvalue weighted by Crippen LogP contribution is -1.92. The Bertz CT molecular complexity index is 585. The van der Waals surface area contributed by atoms with E-state index in [1.54, 1.807) is 7.11 Å². The predicted octanol–water partition coefficient (Wildman–Crippen LogP) is 4.72. The minimum absolute atomic E-state index is 0.847. The van der Waals surface area contributed by atoms with E-state index < -0.39 is 0 Å². The van der Waals surface area contributed by atoms with Gasteiger partial charge in [0.2, 0.25) is 0 Å². The third kappa shape index (κ3) is 3.05. The van der Waals surface area contributed by atoms with Gasteiger partial charge in [-0.25, -0.2) is 0 Å². The van der Waals surface area contributed by atoms with E-state index in [0.29, 0.717) is 0 Å². The lowest BCUT2D eigenvalue weighted by Gasteiger charge is -2.09. The Morgan fingerprint density at radius 1 is 0.895 bits per heavy atom. The van der Waals surface area contributed by atoms with Gasteiger partial charge in [-0.2, -0.15) is 0 Å². The molecule has 0 unspecified atom stereocenters. The van der Waals surface area contributed by atoms with Crippen LogP contribution in [-0.2, 0) is 0 Å². The van der Waals surface area contributed by atoms with E-state index >= 15 is 0 Å². The summed E-state index contributed by atoms with van der Waals surface area (Å²) < 4.78 is 5.13. The fourth-order valence-electron chi connectivity index (χ4n) is 1.86. The van der Waals surface area contributed by atoms with Crippen molar-refractivity contribution < 1.29 is 4.74 Å². The van der Waals surface area contributed by atoms with Crippen molar-refractivity contribution in [2.45, 2.75) is 0 Å². The number of ether oxygens (including phenoxy) is 1. The van der Waals surface area contributed by atoms with Gasteiger partial charge in [0.25, 0.3) is 0 Å². The highest BCUT2D eigenvalue weighted by Gasteiger charge is 1.99. The molecule has 2 aromatic rings. The molecule has 0 aliphatic rings. The Morgan fingerprint density at radius 3 is 2.11 bits per heavy atom. The minimum Gasteiger partial charge on any atom is -0.497 e. The molecule has 0 spiro atoms. The van der Waals surface area contributed by atoms with Crippen LogP contribution >= 0.6 is 0 Å². The maximum absolute atomic E-state index is 5.13. The largest absolute Gasteiger partial charge is 0.497 e. The van der Waals surface area contributed by atoms with Crippen molar-refractivity contribution in [3.63, 3.8) is 0 Å². The van der Waals surface area contributed by atoms with Gasteiger partial charge in [-0.3, -0.25) is 0 Å². The van der Waals surface area contributed by atoms with E-state index in [9.17, 15) is 0 Å². The Balaban J connectivity index is 2.22. The van der Waals surface area contributed by atoms with Gasteiger partial charge in [0.1, 0.15) is 5.75 Å². The molecule has 2 aromatic carbocycles. The zero-order valence-corrected chi connectivity index (χ0v) is 11.0. The first-order valence-electron chi connectivity index (χ1n) is 6.07. The molecular formula is C17H17NO. The second-order valence-corrected chi connectivity index (χ2v) is 4.11. The number of hydrogen-bond donors (Lipinski definition) is 1. The second kappa shape index (κ2) is 5.91. The molecule has 0 heterocycles. The summed E-state index contributed by atoms with van der Waals surface area (Å²) in [5, 5.41) is 3.34. The molecule has 0 aliphatic heterocycles. The highest BCUT2D eigenvalue weighted by molar-refractivity contribution is 5.70. The number of nitrogens with one attached hydrogen (secondary N) is 1. The lowest BCUT2D eigenvalue weighted by molar-refractivity contribution is 0.415. The van der Waals surface area contributed by atoms with E-state index in [-0.39, 0.29) is 0 Å². The summed E-state index contributed by atoms with van der Waals surface area (Å²) in [6.45, 7) is 7.61. The van der Waals surface area contributed by atoms with Crippen molar-refractivity contribution in [1.82, 2.24) is 0 Å². The van der Waals surface area contributed by atoms with Crippen LogP contribution in [0, 0.1) is 0 Å². The standard InChI is InChI=1S/C17H17NO/c1-4-13-6-7-16(12-14(13)5-2)18-15-8-10-17(19-3)11-9-15/h4-12,18H,1-2H2,3H3. The molecule has 0 saturated heterocycles. The van der Waals surface area contributed by atoms with Gasteiger partial charge in [-0.05, 0) is 47.5 Å². The normalized spacial score (nSPS) is 9.74. The maximum Gasteiger partial charge on any atom is 0.119 e. The first-order valence-corrected chi connectivity index (χ1v) is 6.07. The number of rotatable bonds is 5. The van der Waals surface area contributed by atoms with Crippen LogP contribution in [-0.4, -0.2) is 7.11 Å². The fourth-order valence-corrected chi connectivity index (χ4v) is 1.86. The number of hydrogen-bond acceptors (Lipinski definition) is 2. The van der Waals surface area contributed by atoms with Gasteiger partial charge >= 0.3 is 0 Å². The number of anilines is 2. The third-order valence-corrected chi connectivity index (χ3v) is 2.91. The molecule has 96 valence electrons. The molecule has 0 amide bonds. The Morgan fingerprint density at radius 2 is 1.53 bits per heavy atom. The summed E-state index contributed by atoms with van der Waals surface area (Å²) >= 11 is 0. The topological polar surface area (TPSA) is 21.3 Å². The number of methoxy groups -OCH3 is 1. The van der Waals surface area contributed by atoms with Gasteiger partial charge in [-0.15, -0.1) is 0 Å². The van der Waals surface area contributed by atoms with Crippen molar-refractivity contribution >= 4 is 23.5 Å². The van der Waals surface area contributed by atoms with Gasteiger partial charge in [0, 0.05) is 11.4 Å². The highest BCUT2D eigenvalue weighted by Crippen LogP contribution is 2.23. The van der Waals surface area contributed by atoms with Crippen LogP contribution in [0.5, 0.6) is 5.75 Å². The molecule has 2 nitrogen and oxygen atoms in total. The van der Waals surface area contributed by atoms with Gasteiger partial charge in [0.15, 0.2) is 0 Å². The average Bonchev–Trinajstić information content (AvgIpc) is 2.48. The highest BCUT2D eigenvalue weighted by atomic mass is 16.5. The van der Waals surface area contributed by atoms with E-state index in [1.807, 2.05) is 54.6 Å². The first kappa shape index (κ1) is 13.0. The molecule has 0 bridgehead atoms. The van der Waals surface area contributed by atoms with Crippen LogP contribution in [0.3, 0.4) is 0 Å². The summed E-state index contributed by atoms with van der Waals surface area (Å²) in [6, 6.07) is 13.9. The molecule has 19 heavy (non-hydrogen) atoms. The van der Waals surface area contributed by atoms with Crippen LogP contribution in [0.1, 0.15) is 11.1 Å². The van der Waals surface area contributed by atoms with E-state index in [4.69, 9.17) is 4.74 Å². The van der Waals surface area contributed by atoms with Crippen molar-refractivity contribution in [2.24, 2.45) is 0 Å². The van der Waals surface area contributed by atoms with Crippen molar-refractivity contribution in [1.29, 1.82) is 0 Å². The molecule has 0 atom stereocenters. The average molecular weight is 251 g/mol. The SMILES string of the molecule is C=Cc1ccc(Nc2ccc(OC)cc2)cc1C=C. The Labute approximate surface area is 114 Å². The van der Waals surface area contributed by atoms with E-state index in [0.717, 1.165) is 28.3 Å². The zero-order valence-electron chi connectivity index (χ0n) is 11.0. The molecule has 1 N–H and O–H groups in total. The molecule has 0 radical (unpaired) electrons. The fraction of sp³-hybridized carbons (Fsp3) is 0.0588. The van der Waals surface area contributed by atoms with Gasteiger partial charge in [-0.1, -0.05) is 31.4 Å². The van der Waals surface area contributed by atoms with Crippen LogP contribution in [0.4, 0.5) is 11.4 Å². The van der Waals surface area contributed by atoms with Crippen LogP contribution < -0.4 is 10.1 Å². The monoisotopic (exact) mass is 251 g/mol. The summed E-state index contributed by atoms with van der Waals surface area (Å²) in [7, 11) is 1.66.